The minimum absolute atomic E-state index is 0.110. The van der Waals surface area contributed by atoms with Crippen LogP contribution in [0.1, 0.15) is 5.56 Å². The summed E-state index contributed by atoms with van der Waals surface area (Å²) in [5, 5.41) is 2.91. The van der Waals surface area contributed by atoms with E-state index in [9.17, 15) is 13.2 Å². The van der Waals surface area contributed by atoms with E-state index in [-0.39, 0.29) is 23.8 Å². The van der Waals surface area contributed by atoms with Crippen LogP contribution in [0.15, 0.2) is 72.9 Å². The number of sulfone groups is 1. The summed E-state index contributed by atoms with van der Waals surface area (Å²) in [6.07, 6.45) is 1.90. The molecule has 0 atom stereocenters. The Morgan fingerprint density at radius 1 is 0.900 bits per heavy atom. The van der Waals surface area contributed by atoms with E-state index in [0.717, 1.165) is 28.2 Å². The van der Waals surface area contributed by atoms with Gasteiger partial charge in [0, 0.05) is 25.0 Å². The number of amides is 1. The monoisotopic (exact) mass is 421 g/mol. The molecule has 2 aromatic carbocycles. The molecule has 1 N–H and O–H groups in total. The first-order chi connectivity index (χ1) is 14.5. The molecule has 1 aliphatic rings. The van der Waals surface area contributed by atoms with Gasteiger partial charge in [-0.15, -0.1) is 0 Å². The molecule has 0 aliphatic carbocycles. The number of aromatic nitrogens is 1. The van der Waals surface area contributed by atoms with Gasteiger partial charge in [0.05, 0.1) is 17.9 Å². The summed E-state index contributed by atoms with van der Waals surface area (Å²) in [4.78, 5) is 18.7. The first kappa shape index (κ1) is 20.1. The highest BCUT2D eigenvalue weighted by molar-refractivity contribution is 7.91. The quantitative estimate of drug-likeness (QED) is 0.685. The number of hydrogen-bond donors (Lipinski definition) is 1. The molecule has 0 saturated carbocycles. The van der Waals surface area contributed by atoms with Crippen LogP contribution >= 0.6 is 0 Å². The van der Waals surface area contributed by atoms with Gasteiger partial charge in [-0.1, -0.05) is 48.5 Å². The highest BCUT2D eigenvalue weighted by Crippen LogP contribution is 2.21. The lowest BCUT2D eigenvalue weighted by Gasteiger charge is -2.27. The van der Waals surface area contributed by atoms with Crippen LogP contribution in [0.2, 0.25) is 0 Å². The fraction of sp³-hybridized carbons (Fsp3) is 0.217. The first-order valence-electron chi connectivity index (χ1n) is 9.84. The van der Waals surface area contributed by atoms with Crippen molar-refractivity contribution in [2.45, 2.75) is 6.42 Å². The number of nitrogens with zero attached hydrogens (tertiary/aromatic N) is 2. The van der Waals surface area contributed by atoms with Gasteiger partial charge in [0.15, 0.2) is 9.84 Å². The van der Waals surface area contributed by atoms with Crippen molar-refractivity contribution in [3.8, 4) is 11.1 Å². The predicted molar refractivity (Wildman–Crippen MR) is 119 cm³/mol. The third kappa shape index (κ3) is 5.04. The van der Waals surface area contributed by atoms with E-state index in [1.165, 1.54) is 0 Å². The van der Waals surface area contributed by atoms with Gasteiger partial charge in [-0.05, 0) is 34.9 Å². The van der Waals surface area contributed by atoms with Crippen LogP contribution in [0.25, 0.3) is 11.1 Å². The second kappa shape index (κ2) is 8.67. The number of carbonyl (C=O) groups is 1. The van der Waals surface area contributed by atoms with Gasteiger partial charge in [-0.3, -0.25) is 4.79 Å². The molecule has 1 amide bonds. The largest absolute Gasteiger partial charge is 0.355 e. The Morgan fingerprint density at radius 3 is 2.20 bits per heavy atom. The third-order valence-corrected chi connectivity index (χ3v) is 6.73. The van der Waals surface area contributed by atoms with Crippen molar-refractivity contribution in [3.63, 3.8) is 0 Å². The van der Waals surface area contributed by atoms with Crippen LogP contribution in [0.4, 0.5) is 11.5 Å². The molecule has 0 radical (unpaired) electrons. The van der Waals surface area contributed by atoms with Crippen molar-refractivity contribution >= 4 is 27.2 Å². The van der Waals surface area contributed by atoms with E-state index in [4.69, 9.17) is 0 Å². The normalized spacial score (nSPS) is 15.5. The summed E-state index contributed by atoms with van der Waals surface area (Å²) in [7, 11) is -2.92. The second-order valence-electron chi connectivity index (χ2n) is 7.33. The van der Waals surface area contributed by atoms with Gasteiger partial charge >= 0.3 is 0 Å². The van der Waals surface area contributed by atoms with Gasteiger partial charge in [-0.2, -0.15) is 0 Å². The molecule has 154 valence electrons. The van der Waals surface area contributed by atoms with Crippen molar-refractivity contribution in [3.05, 3.63) is 78.5 Å². The number of anilines is 2. The standard InChI is InChI=1S/C23H23N3O3S/c27-23(25-21-9-7-20(8-10-21)19-4-2-1-3-5-19)16-18-6-11-22(24-17-18)26-12-14-30(28,29)15-13-26/h1-11,17H,12-16H2,(H,25,27). The molecular formula is C23H23N3O3S. The molecule has 7 heteroatoms. The molecule has 30 heavy (non-hydrogen) atoms. The van der Waals surface area contributed by atoms with Crippen molar-refractivity contribution in [1.29, 1.82) is 0 Å². The predicted octanol–water partition coefficient (Wildman–Crippen LogP) is 3.16. The van der Waals surface area contributed by atoms with E-state index in [1.807, 2.05) is 71.6 Å². The number of hydrogen-bond acceptors (Lipinski definition) is 5. The second-order valence-corrected chi connectivity index (χ2v) is 9.64. The smallest absolute Gasteiger partial charge is 0.228 e. The third-order valence-electron chi connectivity index (χ3n) is 5.12. The van der Waals surface area contributed by atoms with Crippen LogP contribution < -0.4 is 10.2 Å². The Morgan fingerprint density at radius 2 is 1.57 bits per heavy atom. The van der Waals surface area contributed by atoms with Gasteiger partial charge < -0.3 is 10.2 Å². The maximum atomic E-state index is 12.4. The Labute approximate surface area is 176 Å². The van der Waals surface area contributed by atoms with Gasteiger partial charge in [0.2, 0.25) is 5.91 Å². The maximum absolute atomic E-state index is 12.4. The number of pyridine rings is 1. The molecule has 1 aliphatic heterocycles. The molecule has 0 unspecified atom stereocenters. The molecular weight excluding hydrogens is 398 g/mol. The summed E-state index contributed by atoms with van der Waals surface area (Å²) in [5.74, 6) is 0.940. The van der Waals surface area contributed by atoms with Gasteiger partial charge in [-0.25, -0.2) is 13.4 Å². The van der Waals surface area contributed by atoms with E-state index >= 15 is 0 Å². The van der Waals surface area contributed by atoms with Crippen LogP contribution in [-0.2, 0) is 21.1 Å². The maximum Gasteiger partial charge on any atom is 0.228 e. The zero-order valence-electron chi connectivity index (χ0n) is 16.5. The average molecular weight is 422 g/mol. The molecule has 0 spiro atoms. The zero-order valence-corrected chi connectivity index (χ0v) is 17.3. The summed E-state index contributed by atoms with van der Waals surface area (Å²) >= 11 is 0. The lowest BCUT2D eigenvalue weighted by Crippen LogP contribution is -2.40. The highest BCUT2D eigenvalue weighted by atomic mass is 32.2. The zero-order chi connectivity index (χ0) is 21.0. The van der Waals surface area contributed by atoms with Crippen molar-refractivity contribution in [1.82, 2.24) is 4.98 Å². The van der Waals surface area contributed by atoms with Crippen LogP contribution in [0.3, 0.4) is 0 Å². The molecule has 6 nitrogen and oxygen atoms in total. The van der Waals surface area contributed by atoms with Crippen molar-refractivity contribution in [2.75, 3.05) is 34.8 Å². The molecule has 0 bridgehead atoms. The molecule has 3 aromatic rings. The fourth-order valence-corrected chi connectivity index (χ4v) is 4.62. The summed E-state index contributed by atoms with van der Waals surface area (Å²) in [6, 6.07) is 21.5. The van der Waals surface area contributed by atoms with Crippen molar-refractivity contribution < 1.29 is 13.2 Å². The SMILES string of the molecule is O=C(Cc1ccc(N2CCS(=O)(=O)CC2)nc1)Nc1ccc(-c2ccccc2)cc1. The molecule has 4 rings (SSSR count). The first-order valence-corrected chi connectivity index (χ1v) is 11.7. The summed E-state index contributed by atoms with van der Waals surface area (Å²) in [5.41, 5.74) is 3.78. The lowest BCUT2D eigenvalue weighted by molar-refractivity contribution is -0.115. The lowest BCUT2D eigenvalue weighted by atomic mass is 10.1. The number of rotatable bonds is 5. The van der Waals surface area contributed by atoms with E-state index in [2.05, 4.69) is 10.3 Å². The van der Waals surface area contributed by atoms with Crippen LogP contribution in [-0.4, -0.2) is 43.9 Å². The number of carbonyl (C=O) groups excluding carboxylic acids is 1. The Balaban J connectivity index is 1.33. The van der Waals surface area contributed by atoms with Crippen molar-refractivity contribution in [2.24, 2.45) is 0 Å². The Bertz CT molecular complexity index is 1100. The minimum atomic E-state index is -2.92. The van der Waals surface area contributed by atoms with E-state index < -0.39 is 9.84 Å². The molecule has 2 heterocycles. The van der Waals surface area contributed by atoms with Crippen LogP contribution in [0, 0.1) is 0 Å². The topological polar surface area (TPSA) is 79.4 Å². The van der Waals surface area contributed by atoms with Gasteiger partial charge in [0.1, 0.15) is 5.82 Å². The molecule has 1 saturated heterocycles. The molecule has 1 fully saturated rings. The number of nitrogens with one attached hydrogen (secondary N) is 1. The Kier molecular flexibility index (Phi) is 5.81. The Hall–Kier alpha value is -3.19. The fourth-order valence-electron chi connectivity index (χ4n) is 3.42. The van der Waals surface area contributed by atoms with E-state index in [1.54, 1.807) is 6.20 Å². The van der Waals surface area contributed by atoms with Gasteiger partial charge in [0.25, 0.3) is 0 Å². The number of benzene rings is 2. The highest BCUT2D eigenvalue weighted by Gasteiger charge is 2.22. The summed E-state index contributed by atoms with van der Waals surface area (Å²) in [6.45, 7) is 0.905. The average Bonchev–Trinajstić information content (AvgIpc) is 2.75. The molecule has 1 aromatic heterocycles. The minimum Gasteiger partial charge on any atom is -0.355 e. The van der Waals surface area contributed by atoms with Crippen LogP contribution in [0.5, 0.6) is 0 Å². The van der Waals surface area contributed by atoms with E-state index in [0.29, 0.717) is 13.1 Å². The summed E-state index contributed by atoms with van der Waals surface area (Å²) < 4.78 is 23.1.